The molecule has 2 bridgehead atoms. The SMILES string of the molecule is CN(Cc1ccno1)C(=O)C1C2C(=O)N(CC(C)(C)C)C[C@@]23C=C[C@@H]1O3. The lowest BCUT2D eigenvalue weighted by molar-refractivity contribution is -0.143. The third-order valence-corrected chi connectivity index (χ3v) is 5.39. The number of carbonyl (C=O) groups is 2. The molecule has 2 amide bonds. The fourth-order valence-corrected chi connectivity index (χ4v) is 4.46. The van der Waals surface area contributed by atoms with Gasteiger partial charge in [-0.25, -0.2) is 0 Å². The molecule has 2 fully saturated rings. The lowest BCUT2D eigenvalue weighted by atomic mass is 9.76. The van der Waals surface area contributed by atoms with Gasteiger partial charge in [-0.1, -0.05) is 38.1 Å². The van der Waals surface area contributed by atoms with Crippen LogP contribution in [-0.4, -0.2) is 58.6 Å². The van der Waals surface area contributed by atoms with Crippen LogP contribution in [0, 0.1) is 17.3 Å². The van der Waals surface area contributed by atoms with E-state index in [1.54, 1.807) is 24.2 Å². The van der Waals surface area contributed by atoms with Crippen LogP contribution < -0.4 is 0 Å². The topological polar surface area (TPSA) is 75.9 Å². The van der Waals surface area contributed by atoms with Crippen molar-refractivity contribution in [2.45, 2.75) is 39.0 Å². The molecule has 4 atom stereocenters. The van der Waals surface area contributed by atoms with E-state index in [-0.39, 0.29) is 23.3 Å². The maximum Gasteiger partial charge on any atom is 0.230 e. The van der Waals surface area contributed by atoms with Crippen LogP contribution in [-0.2, 0) is 20.9 Å². The number of hydrogen-bond acceptors (Lipinski definition) is 5. The van der Waals surface area contributed by atoms with Gasteiger partial charge < -0.3 is 19.1 Å². The largest absolute Gasteiger partial charge is 0.360 e. The van der Waals surface area contributed by atoms with E-state index in [1.807, 2.05) is 17.1 Å². The van der Waals surface area contributed by atoms with Crippen molar-refractivity contribution >= 4 is 11.8 Å². The van der Waals surface area contributed by atoms with Gasteiger partial charge in [0, 0.05) is 19.7 Å². The number of aromatic nitrogens is 1. The Morgan fingerprint density at radius 1 is 1.46 bits per heavy atom. The Labute approximate surface area is 152 Å². The Balaban J connectivity index is 1.56. The first-order chi connectivity index (χ1) is 12.2. The molecule has 1 aromatic rings. The highest BCUT2D eigenvalue weighted by molar-refractivity contribution is 5.93. The van der Waals surface area contributed by atoms with E-state index >= 15 is 0 Å². The molecule has 0 radical (unpaired) electrons. The summed E-state index contributed by atoms with van der Waals surface area (Å²) in [5.41, 5.74) is -0.657. The molecule has 0 aliphatic carbocycles. The van der Waals surface area contributed by atoms with Crippen LogP contribution in [0.2, 0.25) is 0 Å². The molecule has 3 aliphatic rings. The maximum absolute atomic E-state index is 13.1. The summed E-state index contributed by atoms with van der Waals surface area (Å²) in [6.07, 6.45) is 5.15. The zero-order valence-corrected chi connectivity index (χ0v) is 15.6. The Morgan fingerprint density at radius 2 is 2.23 bits per heavy atom. The van der Waals surface area contributed by atoms with Crippen LogP contribution in [0.3, 0.4) is 0 Å². The minimum Gasteiger partial charge on any atom is -0.360 e. The van der Waals surface area contributed by atoms with Crippen molar-refractivity contribution in [3.05, 3.63) is 30.2 Å². The van der Waals surface area contributed by atoms with Gasteiger partial charge in [-0.2, -0.15) is 0 Å². The van der Waals surface area contributed by atoms with Gasteiger partial charge in [0.15, 0.2) is 5.76 Å². The summed E-state index contributed by atoms with van der Waals surface area (Å²) < 4.78 is 11.3. The van der Waals surface area contributed by atoms with E-state index in [9.17, 15) is 9.59 Å². The van der Waals surface area contributed by atoms with Gasteiger partial charge in [0.1, 0.15) is 5.60 Å². The monoisotopic (exact) mass is 359 g/mol. The minimum atomic E-state index is -0.652. The normalized spacial score (nSPS) is 32.4. The van der Waals surface area contributed by atoms with Crippen molar-refractivity contribution in [1.82, 2.24) is 15.0 Å². The van der Waals surface area contributed by atoms with E-state index in [4.69, 9.17) is 9.26 Å². The van der Waals surface area contributed by atoms with Gasteiger partial charge in [-0.15, -0.1) is 0 Å². The summed E-state index contributed by atoms with van der Waals surface area (Å²) in [6, 6.07) is 1.73. The Kier molecular flexibility index (Phi) is 3.77. The third kappa shape index (κ3) is 2.65. The van der Waals surface area contributed by atoms with E-state index in [1.165, 1.54) is 0 Å². The highest BCUT2D eigenvalue weighted by Gasteiger charge is 2.67. The van der Waals surface area contributed by atoms with Gasteiger partial charge in [-0.05, 0) is 5.41 Å². The zero-order chi connectivity index (χ0) is 18.7. The molecule has 3 aliphatic heterocycles. The second-order valence-corrected chi connectivity index (χ2v) is 8.83. The minimum absolute atomic E-state index is 0.00472. The van der Waals surface area contributed by atoms with Crippen LogP contribution >= 0.6 is 0 Å². The molecule has 0 aromatic carbocycles. The molecule has 0 saturated carbocycles. The fourth-order valence-electron chi connectivity index (χ4n) is 4.46. The van der Waals surface area contributed by atoms with Crippen LogP contribution in [0.1, 0.15) is 26.5 Å². The highest BCUT2D eigenvalue weighted by atomic mass is 16.5. The first kappa shape index (κ1) is 17.3. The van der Waals surface area contributed by atoms with E-state index in [0.29, 0.717) is 25.4 Å². The molecule has 7 nitrogen and oxygen atoms in total. The number of nitrogens with zero attached hydrogens (tertiary/aromatic N) is 3. The number of likely N-dealkylation sites (tertiary alicyclic amines) is 1. The molecule has 0 N–H and O–H groups in total. The molecule has 1 aromatic heterocycles. The summed E-state index contributed by atoms with van der Waals surface area (Å²) in [7, 11) is 1.72. The van der Waals surface area contributed by atoms with Gasteiger partial charge in [-0.3, -0.25) is 9.59 Å². The van der Waals surface area contributed by atoms with Crippen molar-refractivity contribution in [3.8, 4) is 0 Å². The number of fused-ring (bicyclic) bond motifs is 1. The van der Waals surface area contributed by atoms with E-state index < -0.39 is 17.4 Å². The van der Waals surface area contributed by atoms with Crippen LogP contribution in [0.15, 0.2) is 28.9 Å². The lowest BCUT2D eigenvalue weighted by Gasteiger charge is -2.29. The first-order valence-electron chi connectivity index (χ1n) is 9.01. The quantitative estimate of drug-likeness (QED) is 0.761. The fraction of sp³-hybridized carbons (Fsp3) is 0.632. The van der Waals surface area contributed by atoms with Gasteiger partial charge in [0.2, 0.25) is 11.8 Å². The second-order valence-electron chi connectivity index (χ2n) is 8.83. The first-order valence-corrected chi connectivity index (χ1v) is 9.01. The summed E-state index contributed by atoms with van der Waals surface area (Å²) in [4.78, 5) is 29.7. The van der Waals surface area contributed by atoms with Crippen molar-refractivity contribution < 1.29 is 18.8 Å². The summed E-state index contributed by atoms with van der Waals surface area (Å²) in [6.45, 7) is 7.82. The average Bonchev–Trinajstić information content (AvgIpc) is 3.29. The molecular formula is C19H25N3O4. The molecule has 26 heavy (non-hydrogen) atoms. The molecule has 2 unspecified atom stereocenters. The summed E-state index contributed by atoms with van der Waals surface area (Å²) in [5.74, 6) is -0.371. The smallest absolute Gasteiger partial charge is 0.230 e. The van der Waals surface area contributed by atoms with Crippen LogP contribution in [0.25, 0.3) is 0 Å². The van der Waals surface area contributed by atoms with Crippen LogP contribution in [0.4, 0.5) is 0 Å². The molecule has 7 heteroatoms. The van der Waals surface area contributed by atoms with E-state index in [0.717, 1.165) is 0 Å². The third-order valence-electron chi connectivity index (χ3n) is 5.39. The van der Waals surface area contributed by atoms with Crippen molar-refractivity contribution in [2.75, 3.05) is 20.1 Å². The number of carbonyl (C=O) groups excluding carboxylic acids is 2. The molecule has 4 rings (SSSR count). The predicted octanol–water partition coefficient (Wildman–Crippen LogP) is 1.46. The van der Waals surface area contributed by atoms with Crippen molar-refractivity contribution in [3.63, 3.8) is 0 Å². The Bertz CT molecular complexity index is 751. The lowest BCUT2D eigenvalue weighted by Crippen LogP contribution is -2.44. The molecule has 1 spiro atoms. The molecule has 4 heterocycles. The predicted molar refractivity (Wildman–Crippen MR) is 92.7 cm³/mol. The molecule has 140 valence electrons. The number of amides is 2. The summed E-state index contributed by atoms with van der Waals surface area (Å²) in [5, 5.41) is 3.67. The van der Waals surface area contributed by atoms with E-state index in [2.05, 4.69) is 25.9 Å². The Morgan fingerprint density at radius 3 is 2.88 bits per heavy atom. The summed E-state index contributed by atoms with van der Waals surface area (Å²) >= 11 is 0. The highest BCUT2D eigenvalue weighted by Crippen LogP contribution is 2.52. The number of rotatable bonds is 4. The van der Waals surface area contributed by atoms with Gasteiger partial charge in [0.05, 0.1) is 37.2 Å². The van der Waals surface area contributed by atoms with Crippen molar-refractivity contribution in [1.29, 1.82) is 0 Å². The maximum atomic E-state index is 13.1. The van der Waals surface area contributed by atoms with Crippen LogP contribution in [0.5, 0.6) is 0 Å². The zero-order valence-electron chi connectivity index (χ0n) is 15.6. The van der Waals surface area contributed by atoms with Gasteiger partial charge in [0.25, 0.3) is 0 Å². The molecular weight excluding hydrogens is 334 g/mol. The second kappa shape index (κ2) is 5.67. The van der Waals surface area contributed by atoms with Gasteiger partial charge >= 0.3 is 0 Å². The standard InChI is InChI=1S/C19H25N3O4/c1-18(2,3)10-22-11-19-7-5-13(25-19)14(15(19)17(22)24)16(23)21(4)9-12-6-8-20-26-12/h5-8,13-15H,9-11H2,1-4H3/t13-,14?,15?,19-/m0/s1. The number of hydrogen-bond donors (Lipinski definition) is 0. The Hall–Kier alpha value is -2.15. The molecule has 2 saturated heterocycles. The van der Waals surface area contributed by atoms with Crippen molar-refractivity contribution in [2.24, 2.45) is 17.3 Å². The average molecular weight is 359 g/mol. The number of ether oxygens (including phenoxy) is 1.